The quantitative estimate of drug-likeness (QED) is 0.177. The Hall–Kier alpha value is -0.813. The van der Waals surface area contributed by atoms with E-state index in [4.69, 9.17) is 0 Å². The molecule has 0 aromatic heterocycles. The van der Waals surface area contributed by atoms with Crippen LogP contribution in [0.2, 0.25) is 0 Å². The number of hydrogen-bond acceptors (Lipinski definition) is 3. The van der Waals surface area contributed by atoms with Crippen molar-refractivity contribution >= 4 is 8.80 Å². The second-order valence-electron chi connectivity index (χ2n) is 7.05. The second-order valence-corrected chi connectivity index (χ2v) is 9.63. The molecule has 0 fully saturated rings. The summed E-state index contributed by atoms with van der Waals surface area (Å²) >= 11 is 0. The van der Waals surface area contributed by atoms with Crippen LogP contribution in [0.15, 0.2) is 0 Å². The molecule has 0 aliphatic heterocycles. The predicted molar refractivity (Wildman–Crippen MR) is 95.4 cm³/mol. The zero-order chi connectivity index (χ0) is 27.3. The number of hydrogen-bond donors (Lipinski definition) is 0. The zero-order valence-corrected chi connectivity index (χ0v) is 19.3. The first-order chi connectivity index (χ1) is 15.3. The van der Waals surface area contributed by atoms with E-state index in [9.17, 15) is 57.1 Å². The Morgan fingerprint density at radius 1 is 0.618 bits per heavy atom. The molecule has 7 unspecified atom stereocenters. The van der Waals surface area contributed by atoms with Crippen molar-refractivity contribution in [3.63, 3.8) is 0 Å². The van der Waals surface area contributed by atoms with Crippen molar-refractivity contribution in [3.05, 3.63) is 0 Å². The van der Waals surface area contributed by atoms with Crippen LogP contribution in [-0.2, 0) is 13.3 Å². The van der Waals surface area contributed by atoms with Gasteiger partial charge in [-0.1, -0.05) is 0 Å². The highest BCUT2D eigenvalue weighted by atomic mass is 28.4. The first-order valence-corrected chi connectivity index (χ1v) is 11.6. The van der Waals surface area contributed by atoms with Gasteiger partial charge < -0.3 is 13.3 Å². The molecule has 0 bridgehead atoms. The summed E-state index contributed by atoms with van der Waals surface area (Å²) in [5.41, 5.74) is -5.48. The summed E-state index contributed by atoms with van der Waals surface area (Å²) in [6.07, 6.45) is -26.0. The molecular weight excluding hydrogens is 527 g/mol. The highest BCUT2D eigenvalue weighted by Gasteiger charge is 2.80. The molecule has 3 nitrogen and oxygen atoms in total. The van der Waals surface area contributed by atoms with Gasteiger partial charge in [0.1, 0.15) is 0 Å². The highest BCUT2D eigenvalue weighted by Crippen LogP contribution is 2.52. The third-order valence-corrected chi connectivity index (χ3v) is 7.71. The van der Waals surface area contributed by atoms with Crippen LogP contribution in [0.4, 0.5) is 57.1 Å². The molecule has 34 heavy (non-hydrogen) atoms. The molecule has 0 saturated heterocycles. The summed E-state index contributed by atoms with van der Waals surface area (Å²) in [6.45, 7) is 0.773. The minimum atomic E-state index is -6.50. The molecule has 0 spiro atoms. The molecule has 17 heteroatoms. The van der Waals surface area contributed by atoms with Crippen molar-refractivity contribution in [1.82, 2.24) is 0 Å². The van der Waals surface area contributed by atoms with E-state index in [2.05, 4.69) is 13.3 Å². The molecule has 0 N–H and O–H groups in total. The van der Waals surface area contributed by atoms with Gasteiger partial charge in [-0.2, -0.15) is 17.6 Å². The van der Waals surface area contributed by atoms with Gasteiger partial charge in [-0.25, -0.2) is 39.5 Å². The smallest absolute Gasteiger partial charge is 0.372 e. The Bertz CT molecular complexity index is 596. The Kier molecular flexibility index (Phi) is 12.1. The van der Waals surface area contributed by atoms with E-state index in [1.165, 1.54) is 0 Å². The molecule has 0 heterocycles. The molecule has 7 atom stereocenters. The maximum atomic E-state index is 14.8. The average Bonchev–Trinajstić information content (AvgIpc) is 2.75. The number of rotatable bonds is 16. The van der Waals surface area contributed by atoms with Crippen LogP contribution in [-0.4, -0.2) is 89.2 Å². The summed E-state index contributed by atoms with van der Waals surface area (Å²) in [5.74, 6) is -17.0. The Morgan fingerprint density at radius 2 is 0.971 bits per heavy atom. The monoisotopic (exact) mass is 552 g/mol. The largest absolute Gasteiger partial charge is 0.543 e. The van der Waals surface area contributed by atoms with Crippen LogP contribution in [0, 0.1) is 0 Å². The van der Waals surface area contributed by atoms with Crippen molar-refractivity contribution in [2.45, 2.75) is 88.3 Å². The molecule has 0 radical (unpaired) electrons. The lowest BCUT2D eigenvalue weighted by Gasteiger charge is -2.42. The normalized spacial score (nSPS) is 21.0. The highest BCUT2D eigenvalue weighted by molar-refractivity contribution is 6.62. The van der Waals surface area contributed by atoms with Crippen LogP contribution in [0.5, 0.6) is 0 Å². The summed E-state index contributed by atoms with van der Waals surface area (Å²) < 4.78 is 194. The van der Waals surface area contributed by atoms with E-state index in [1.807, 2.05) is 0 Å². The summed E-state index contributed by atoms with van der Waals surface area (Å²) in [5, 5.41) is 0. The van der Waals surface area contributed by atoms with Gasteiger partial charge in [-0.3, -0.25) is 0 Å². The Labute approximate surface area is 188 Å². The van der Waals surface area contributed by atoms with Gasteiger partial charge in [0.05, 0.1) is 0 Å². The molecule has 0 aromatic carbocycles. The first kappa shape index (κ1) is 33.2. The van der Waals surface area contributed by atoms with Crippen LogP contribution in [0.3, 0.4) is 0 Å². The van der Waals surface area contributed by atoms with E-state index >= 15 is 0 Å². The third-order valence-electron chi connectivity index (χ3n) is 4.65. The van der Waals surface area contributed by atoms with E-state index in [0.717, 1.165) is 20.8 Å². The van der Waals surface area contributed by atoms with Crippen molar-refractivity contribution in [3.8, 4) is 0 Å². The SMILES string of the molecule is CCO[Si](OCC)(OCC)C(F)C(F)(F)C(F)(F)C(C)(F)C(F)C(F)C(F)C(F)C(F)C(F)F. The number of alkyl halides is 13. The van der Waals surface area contributed by atoms with Crippen LogP contribution in [0.1, 0.15) is 27.7 Å². The van der Waals surface area contributed by atoms with Gasteiger partial charge in [-0.05, 0) is 27.7 Å². The van der Waals surface area contributed by atoms with Gasteiger partial charge in [0, 0.05) is 19.8 Å². The van der Waals surface area contributed by atoms with Gasteiger partial charge in [-0.15, -0.1) is 0 Å². The van der Waals surface area contributed by atoms with Crippen molar-refractivity contribution in [2.75, 3.05) is 19.8 Å². The topological polar surface area (TPSA) is 27.7 Å². The molecular formula is C17H25F13O3Si. The van der Waals surface area contributed by atoms with E-state index in [-0.39, 0.29) is 0 Å². The molecule has 0 saturated carbocycles. The van der Waals surface area contributed by atoms with Gasteiger partial charge >= 0.3 is 20.6 Å². The first-order valence-electron chi connectivity index (χ1n) is 9.82. The molecule has 0 amide bonds. The van der Waals surface area contributed by atoms with E-state index < -0.39 is 96.1 Å². The second kappa shape index (κ2) is 12.4. The predicted octanol–water partition coefficient (Wildman–Crippen LogP) is 5.87. The van der Waals surface area contributed by atoms with Crippen molar-refractivity contribution in [1.29, 1.82) is 0 Å². The van der Waals surface area contributed by atoms with Crippen LogP contribution >= 0.6 is 0 Å². The standard InChI is InChI=1S/C17H25F13O3Si/c1-5-31-34(32-6-2,33-7-3)14(25)16(27,28)17(29,30)15(4,26)12(22)10(20)8(18)9(19)11(21)13(23)24/h8-14H,5-7H2,1-4H3. The molecule has 0 aliphatic rings. The Balaban J connectivity index is 6.23. The third kappa shape index (κ3) is 6.30. The maximum Gasteiger partial charge on any atom is 0.543 e. The fourth-order valence-electron chi connectivity index (χ4n) is 2.78. The lowest BCUT2D eigenvalue weighted by Crippen LogP contribution is -2.71. The average molecular weight is 552 g/mol. The van der Waals surface area contributed by atoms with Crippen molar-refractivity contribution in [2.24, 2.45) is 0 Å². The fourth-order valence-corrected chi connectivity index (χ4v) is 5.30. The fraction of sp³-hybridized carbons (Fsp3) is 1.00. The molecule has 0 aromatic rings. The molecule has 0 aliphatic carbocycles. The molecule has 0 rings (SSSR count). The zero-order valence-electron chi connectivity index (χ0n) is 18.3. The summed E-state index contributed by atoms with van der Waals surface area (Å²) in [7, 11) is -5.40. The van der Waals surface area contributed by atoms with E-state index in [1.54, 1.807) is 0 Å². The van der Waals surface area contributed by atoms with Crippen LogP contribution in [0.25, 0.3) is 0 Å². The lowest BCUT2D eigenvalue weighted by molar-refractivity contribution is -0.300. The summed E-state index contributed by atoms with van der Waals surface area (Å²) in [4.78, 5) is 0. The Morgan fingerprint density at radius 3 is 1.29 bits per heavy atom. The van der Waals surface area contributed by atoms with Gasteiger partial charge in [0.2, 0.25) is 11.5 Å². The molecule has 206 valence electrons. The summed E-state index contributed by atoms with van der Waals surface area (Å²) in [6, 6.07) is 0. The lowest BCUT2D eigenvalue weighted by atomic mass is 9.85. The van der Waals surface area contributed by atoms with Crippen LogP contribution < -0.4 is 0 Å². The maximum absolute atomic E-state index is 14.8. The van der Waals surface area contributed by atoms with Crippen molar-refractivity contribution < 1.29 is 70.4 Å². The van der Waals surface area contributed by atoms with Gasteiger partial charge in [0.25, 0.3) is 6.43 Å². The van der Waals surface area contributed by atoms with Gasteiger partial charge in [0.15, 0.2) is 30.9 Å². The number of halogens is 13. The van der Waals surface area contributed by atoms with E-state index in [0.29, 0.717) is 0 Å². The minimum Gasteiger partial charge on any atom is -0.372 e. The minimum absolute atomic E-state index is 0.616.